The van der Waals surface area contributed by atoms with E-state index < -0.39 is 10.0 Å². The zero-order chi connectivity index (χ0) is 17.2. The molecule has 128 valence electrons. The number of hydrogen-bond donors (Lipinski definition) is 1. The Balaban J connectivity index is 1.63. The molecule has 0 unspecified atom stereocenters. The van der Waals surface area contributed by atoms with Gasteiger partial charge in [0.2, 0.25) is 15.9 Å². The van der Waals surface area contributed by atoms with Crippen molar-refractivity contribution in [2.24, 2.45) is 5.14 Å². The molecule has 1 amide bonds. The summed E-state index contributed by atoms with van der Waals surface area (Å²) in [6.45, 7) is 1.08. The van der Waals surface area contributed by atoms with Gasteiger partial charge in [0, 0.05) is 25.7 Å². The number of carbonyl (C=O) groups is 1. The highest BCUT2D eigenvalue weighted by Crippen LogP contribution is 2.32. The summed E-state index contributed by atoms with van der Waals surface area (Å²) in [5.74, 6) is 0.0500. The lowest BCUT2D eigenvalue weighted by molar-refractivity contribution is -0.132. The standard InChI is InChI=1S/C16H20N4O3S/c17-24(22,23)14-11-18-19(12-14)10-8-16(21)20-9-4-7-15(20)13-5-2-1-3-6-13/h1-3,5-6,11-12,15H,4,7-10H2,(H2,17,22,23)/t15-/m0/s1. The first kappa shape index (κ1) is 16.7. The number of aryl methyl sites for hydroxylation is 1. The van der Waals surface area contributed by atoms with E-state index in [-0.39, 0.29) is 23.3 Å². The highest BCUT2D eigenvalue weighted by atomic mass is 32.2. The second-order valence-corrected chi connectivity index (χ2v) is 7.45. The van der Waals surface area contributed by atoms with Crippen molar-refractivity contribution in [1.82, 2.24) is 14.7 Å². The number of hydrogen-bond acceptors (Lipinski definition) is 4. The molecule has 1 atom stereocenters. The average molecular weight is 348 g/mol. The number of benzene rings is 1. The maximum Gasteiger partial charge on any atom is 0.241 e. The molecule has 24 heavy (non-hydrogen) atoms. The molecule has 1 aliphatic heterocycles. The van der Waals surface area contributed by atoms with Gasteiger partial charge in [-0.15, -0.1) is 0 Å². The maximum absolute atomic E-state index is 12.5. The molecule has 1 fully saturated rings. The number of carbonyl (C=O) groups excluding carboxylic acids is 1. The van der Waals surface area contributed by atoms with Gasteiger partial charge in [-0.25, -0.2) is 13.6 Å². The molecule has 0 saturated carbocycles. The first-order chi connectivity index (χ1) is 11.4. The first-order valence-electron chi connectivity index (χ1n) is 7.85. The molecule has 1 aliphatic rings. The Morgan fingerprint density at radius 1 is 1.29 bits per heavy atom. The molecule has 0 radical (unpaired) electrons. The number of rotatable bonds is 5. The van der Waals surface area contributed by atoms with Gasteiger partial charge in [0.15, 0.2) is 0 Å². The highest BCUT2D eigenvalue weighted by molar-refractivity contribution is 7.89. The lowest BCUT2D eigenvalue weighted by Gasteiger charge is -2.25. The third kappa shape index (κ3) is 3.65. The topological polar surface area (TPSA) is 98.3 Å². The Morgan fingerprint density at radius 3 is 2.71 bits per heavy atom. The molecule has 2 aromatic rings. The van der Waals surface area contributed by atoms with Crippen molar-refractivity contribution in [2.45, 2.75) is 36.7 Å². The van der Waals surface area contributed by atoms with E-state index in [1.807, 2.05) is 35.2 Å². The van der Waals surface area contributed by atoms with Gasteiger partial charge in [-0.05, 0) is 18.4 Å². The molecule has 3 rings (SSSR count). The predicted octanol–water partition coefficient (Wildman–Crippen LogP) is 1.28. The second-order valence-electron chi connectivity index (χ2n) is 5.89. The summed E-state index contributed by atoms with van der Waals surface area (Å²) < 4.78 is 23.9. The fraction of sp³-hybridized carbons (Fsp3) is 0.375. The van der Waals surface area contributed by atoms with Crippen molar-refractivity contribution in [1.29, 1.82) is 0 Å². The van der Waals surface area contributed by atoms with Gasteiger partial charge in [-0.2, -0.15) is 5.10 Å². The van der Waals surface area contributed by atoms with Gasteiger partial charge < -0.3 is 4.90 Å². The minimum atomic E-state index is -3.76. The minimum Gasteiger partial charge on any atom is -0.336 e. The Bertz CT molecular complexity index is 817. The Morgan fingerprint density at radius 2 is 2.04 bits per heavy atom. The Hall–Kier alpha value is -2.19. The van der Waals surface area contributed by atoms with E-state index in [4.69, 9.17) is 5.14 Å². The Kier molecular flexibility index (Phi) is 4.68. The summed E-state index contributed by atoms with van der Waals surface area (Å²) in [7, 11) is -3.76. The van der Waals surface area contributed by atoms with E-state index in [0.29, 0.717) is 6.54 Å². The third-order valence-corrected chi connectivity index (χ3v) is 5.12. The van der Waals surface area contributed by atoms with Gasteiger partial charge in [-0.1, -0.05) is 30.3 Å². The van der Waals surface area contributed by atoms with E-state index in [2.05, 4.69) is 5.10 Å². The number of amides is 1. The molecule has 7 nitrogen and oxygen atoms in total. The molecule has 2 N–H and O–H groups in total. The van der Waals surface area contributed by atoms with Crippen LogP contribution in [0.3, 0.4) is 0 Å². The quantitative estimate of drug-likeness (QED) is 0.880. The fourth-order valence-electron chi connectivity index (χ4n) is 3.05. The molecule has 0 spiro atoms. The van der Waals surface area contributed by atoms with Gasteiger partial charge in [0.05, 0.1) is 12.2 Å². The van der Waals surface area contributed by atoms with Crippen LogP contribution in [0.15, 0.2) is 47.6 Å². The van der Waals surface area contributed by atoms with Crippen LogP contribution in [0.4, 0.5) is 0 Å². The lowest BCUT2D eigenvalue weighted by Crippen LogP contribution is -2.31. The van der Waals surface area contributed by atoms with Crippen molar-refractivity contribution in [3.63, 3.8) is 0 Å². The monoisotopic (exact) mass is 348 g/mol. The summed E-state index contributed by atoms with van der Waals surface area (Å²) >= 11 is 0. The molecule has 2 heterocycles. The molecule has 1 aromatic carbocycles. The summed E-state index contributed by atoms with van der Waals surface area (Å²) in [4.78, 5) is 14.4. The number of aromatic nitrogens is 2. The second kappa shape index (κ2) is 6.74. The summed E-state index contributed by atoms with van der Waals surface area (Å²) in [5.41, 5.74) is 1.15. The van der Waals surface area contributed by atoms with E-state index in [1.165, 1.54) is 17.1 Å². The van der Waals surface area contributed by atoms with Gasteiger partial charge in [-0.3, -0.25) is 9.48 Å². The van der Waals surface area contributed by atoms with Gasteiger partial charge in [0.1, 0.15) is 4.90 Å². The summed E-state index contributed by atoms with van der Waals surface area (Å²) in [5, 5.41) is 9.00. The summed E-state index contributed by atoms with van der Waals surface area (Å²) in [6.07, 6.45) is 4.77. The van der Waals surface area contributed by atoms with Crippen LogP contribution >= 0.6 is 0 Å². The number of nitrogens with two attached hydrogens (primary N) is 1. The normalized spacial score (nSPS) is 18.0. The number of likely N-dealkylation sites (tertiary alicyclic amines) is 1. The zero-order valence-electron chi connectivity index (χ0n) is 13.2. The highest BCUT2D eigenvalue weighted by Gasteiger charge is 2.29. The Labute approximate surface area is 141 Å². The third-order valence-electron chi connectivity index (χ3n) is 4.25. The molecule has 1 aromatic heterocycles. The summed E-state index contributed by atoms with van der Waals surface area (Å²) in [6, 6.07) is 10.1. The van der Waals surface area contributed by atoms with Crippen molar-refractivity contribution in [3.05, 3.63) is 48.3 Å². The van der Waals surface area contributed by atoms with Gasteiger partial charge in [0.25, 0.3) is 0 Å². The number of sulfonamides is 1. The average Bonchev–Trinajstić information content (AvgIpc) is 3.22. The minimum absolute atomic E-state index is 0.0433. The molecule has 8 heteroatoms. The largest absolute Gasteiger partial charge is 0.336 e. The van der Waals surface area contributed by atoms with Crippen LogP contribution in [-0.2, 0) is 21.4 Å². The number of nitrogens with zero attached hydrogens (tertiary/aromatic N) is 3. The predicted molar refractivity (Wildman–Crippen MR) is 88.3 cm³/mol. The molecular weight excluding hydrogens is 328 g/mol. The van der Waals surface area contributed by atoms with Crippen LogP contribution in [-0.4, -0.2) is 35.6 Å². The molecule has 0 aliphatic carbocycles. The maximum atomic E-state index is 12.5. The van der Waals surface area contributed by atoms with Crippen LogP contribution in [0, 0.1) is 0 Å². The van der Waals surface area contributed by atoms with Crippen LogP contribution in [0.2, 0.25) is 0 Å². The van der Waals surface area contributed by atoms with Crippen molar-refractivity contribution >= 4 is 15.9 Å². The smallest absolute Gasteiger partial charge is 0.241 e. The van der Waals surface area contributed by atoms with Crippen molar-refractivity contribution in [3.8, 4) is 0 Å². The number of primary sulfonamides is 1. The van der Waals surface area contributed by atoms with Crippen molar-refractivity contribution < 1.29 is 13.2 Å². The van der Waals surface area contributed by atoms with E-state index in [0.717, 1.165) is 24.9 Å². The molecule has 1 saturated heterocycles. The van der Waals surface area contributed by atoms with Crippen molar-refractivity contribution in [2.75, 3.05) is 6.54 Å². The van der Waals surface area contributed by atoms with E-state index in [9.17, 15) is 13.2 Å². The molecular formula is C16H20N4O3S. The molecule has 0 bridgehead atoms. The SMILES string of the molecule is NS(=O)(=O)c1cnn(CCC(=O)N2CCC[C@H]2c2ccccc2)c1. The van der Waals surface area contributed by atoms with Crippen LogP contribution in [0.5, 0.6) is 0 Å². The van der Waals surface area contributed by atoms with E-state index in [1.54, 1.807) is 0 Å². The fourth-order valence-corrected chi connectivity index (χ4v) is 3.52. The van der Waals surface area contributed by atoms with Gasteiger partial charge >= 0.3 is 0 Å². The zero-order valence-corrected chi connectivity index (χ0v) is 14.0. The lowest BCUT2D eigenvalue weighted by atomic mass is 10.0. The van der Waals surface area contributed by atoms with Crippen LogP contribution in [0.25, 0.3) is 0 Å². The first-order valence-corrected chi connectivity index (χ1v) is 9.39. The van der Waals surface area contributed by atoms with Crippen LogP contribution < -0.4 is 5.14 Å². The van der Waals surface area contributed by atoms with E-state index >= 15 is 0 Å². The van der Waals surface area contributed by atoms with Crippen LogP contribution in [0.1, 0.15) is 30.9 Å².